The Hall–Kier alpha value is -3.94. The van der Waals surface area contributed by atoms with Crippen molar-refractivity contribution < 1.29 is 4.79 Å². The number of nitrogens with one attached hydrogen (secondary N) is 1. The molecule has 1 fully saturated rings. The van der Waals surface area contributed by atoms with Crippen molar-refractivity contribution in [3.8, 4) is 5.69 Å². The predicted octanol–water partition coefficient (Wildman–Crippen LogP) is 4.65. The molecule has 2 aromatic heterocycles. The summed E-state index contributed by atoms with van der Waals surface area (Å²) in [6, 6.07) is 18.7. The first-order valence-electron chi connectivity index (χ1n) is 13.2. The van der Waals surface area contributed by atoms with E-state index in [1.807, 2.05) is 46.8 Å². The van der Waals surface area contributed by atoms with Crippen LogP contribution in [0.3, 0.4) is 0 Å². The first-order valence-corrected chi connectivity index (χ1v) is 13.2. The van der Waals surface area contributed by atoms with Gasteiger partial charge in [-0.05, 0) is 38.0 Å². The number of amides is 2. The van der Waals surface area contributed by atoms with Crippen LogP contribution in [0.25, 0.3) is 16.7 Å². The van der Waals surface area contributed by atoms with Gasteiger partial charge in [0.1, 0.15) is 11.6 Å². The average molecular weight is 498 g/mol. The molecule has 0 spiro atoms. The fraction of sp³-hybridized carbons (Fsp3) is 0.379. The zero-order valence-electron chi connectivity index (χ0n) is 21.9. The van der Waals surface area contributed by atoms with Crippen LogP contribution in [0.15, 0.2) is 54.6 Å². The Kier molecular flexibility index (Phi) is 7.35. The molecule has 2 aromatic carbocycles. The van der Waals surface area contributed by atoms with Gasteiger partial charge in [-0.3, -0.25) is 0 Å². The van der Waals surface area contributed by atoms with Crippen molar-refractivity contribution in [1.82, 2.24) is 30.0 Å². The lowest BCUT2D eigenvalue weighted by atomic mass is 10.1. The smallest absolute Gasteiger partial charge is 0.317 e. The largest absolute Gasteiger partial charge is 0.352 e. The number of nitrogens with zero attached hydrogens (tertiary/aromatic N) is 6. The van der Waals surface area contributed by atoms with Gasteiger partial charge in [-0.25, -0.2) is 19.4 Å². The molecule has 0 unspecified atom stereocenters. The van der Waals surface area contributed by atoms with E-state index in [1.54, 1.807) is 0 Å². The Morgan fingerprint density at radius 3 is 2.38 bits per heavy atom. The van der Waals surface area contributed by atoms with Gasteiger partial charge < -0.3 is 15.1 Å². The minimum Gasteiger partial charge on any atom is -0.352 e. The van der Waals surface area contributed by atoms with E-state index in [-0.39, 0.29) is 6.03 Å². The third-order valence-corrected chi connectivity index (χ3v) is 6.89. The van der Waals surface area contributed by atoms with Gasteiger partial charge in [0.05, 0.1) is 16.8 Å². The van der Waals surface area contributed by atoms with E-state index >= 15 is 0 Å². The van der Waals surface area contributed by atoms with E-state index in [1.165, 1.54) is 11.1 Å². The van der Waals surface area contributed by atoms with Crippen molar-refractivity contribution in [2.75, 3.05) is 37.6 Å². The van der Waals surface area contributed by atoms with Crippen LogP contribution in [0.4, 0.5) is 10.6 Å². The summed E-state index contributed by atoms with van der Waals surface area (Å²) in [6.07, 6.45) is 2.71. The fourth-order valence-electron chi connectivity index (χ4n) is 4.76. The maximum atomic E-state index is 12.6. The second kappa shape index (κ2) is 11.0. The third kappa shape index (κ3) is 5.43. The van der Waals surface area contributed by atoms with Gasteiger partial charge in [0.15, 0.2) is 5.65 Å². The van der Waals surface area contributed by atoms with Crippen LogP contribution in [-0.2, 0) is 6.42 Å². The number of hydrogen-bond donors (Lipinski definition) is 1. The van der Waals surface area contributed by atoms with Crippen LogP contribution >= 0.6 is 0 Å². The van der Waals surface area contributed by atoms with Crippen molar-refractivity contribution in [3.63, 3.8) is 0 Å². The molecule has 8 heteroatoms. The topological polar surface area (TPSA) is 79.2 Å². The maximum absolute atomic E-state index is 12.6. The highest BCUT2D eigenvalue weighted by molar-refractivity contribution is 5.91. The summed E-state index contributed by atoms with van der Waals surface area (Å²) in [7, 11) is 0. The molecule has 1 aliphatic rings. The molecular weight excluding hydrogens is 462 g/mol. The molecule has 4 aromatic rings. The Morgan fingerprint density at radius 1 is 0.946 bits per heavy atom. The van der Waals surface area contributed by atoms with E-state index in [4.69, 9.17) is 15.1 Å². The maximum Gasteiger partial charge on any atom is 0.317 e. The van der Waals surface area contributed by atoms with E-state index < -0.39 is 0 Å². The molecule has 1 N–H and O–H groups in total. The van der Waals surface area contributed by atoms with E-state index in [0.29, 0.717) is 32.6 Å². The van der Waals surface area contributed by atoms with Crippen molar-refractivity contribution in [2.45, 2.75) is 40.0 Å². The van der Waals surface area contributed by atoms with Crippen LogP contribution in [0.1, 0.15) is 42.4 Å². The van der Waals surface area contributed by atoms with Gasteiger partial charge in [-0.1, -0.05) is 61.4 Å². The first kappa shape index (κ1) is 24.7. The number of hydrogen-bond acceptors (Lipinski definition) is 5. The highest BCUT2D eigenvalue weighted by Gasteiger charge is 2.26. The molecule has 0 radical (unpaired) electrons. The Morgan fingerprint density at radius 2 is 1.68 bits per heavy atom. The van der Waals surface area contributed by atoms with Crippen molar-refractivity contribution >= 4 is 22.9 Å². The minimum atomic E-state index is 0.0223. The first-order chi connectivity index (χ1) is 18.0. The Bertz CT molecular complexity index is 1360. The Balaban J connectivity index is 1.48. The molecule has 37 heavy (non-hydrogen) atoms. The van der Waals surface area contributed by atoms with Crippen LogP contribution in [0.2, 0.25) is 0 Å². The SMILES string of the molecule is CCCCNC(=O)N1CCN(c2nc(Cc3ccc(C)cc3)nc3c2c(C)nn3-c2ccccc2)CC1. The summed E-state index contributed by atoms with van der Waals surface area (Å²) in [4.78, 5) is 26.9. The summed E-state index contributed by atoms with van der Waals surface area (Å²) < 4.78 is 1.92. The van der Waals surface area contributed by atoms with Crippen molar-refractivity contribution in [2.24, 2.45) is 0 Å². The number of fused-ring (bicyclic) bond motifs is 1. The number of rotatable bonds is 7. The molecule has 0 atom stereocenters. The lowest BCUT2D eigenvalue weighted by Gasteiger charge is -2.35. The second-order valence-corrected chi connectivity index (χ2v) is 9.72. The van der Waals surface area contributed by atoms with Gasteiger partial charge >= 0.3 is 6.03 Å². The van der Waals surface area contributed by atoms with Gasteiger partial charge in [-0.15, -0.1) is 0 Å². The van der Waals surface area contributed by atoms with E-state index in [9.17, 15) is 4.79 Å². The zero-order chi connectivity index (χ0) is 25.8. The van der Waals surface area contributed by atoms with E-state index in [2.05, 4.69) is 48.3 Å². The molecule has 0 saturated carbocycles. The molecule has 0 aliphatic carbocycles. The number of aryl methyl sites for hydroxylation is 2. The van der Waals surface area contributed by atoms with Crippen molar-refractivity contribution in [3.05, 3.63) is 77.2 Å². The number of aromatic nitrogens is 4. The molecule has 5 rings (SSSR count). The monoisotopic (exact) mass is 497 g/mol. The lowest BCUT2D eigenvalue weighted by Crippen LogP contribution is -2.52. The molecule has 1 saturated heterocycles. The Labute approximate surface area is 218 Å². The third-order valence-electron chi connectivity index (χ3n) is 6.89. The van der Waals surface area contributed by atoms with Gasteiger partial charge in [-0.2, -0.15) is 5.10 Å². The van der Waals surface area contributed by atoms with Crippen LogP contribution < -0.4 is 10.2 Å². The average Bonchev–Trinajstić information content (AvgIpc) is 3.26. The number of carbonyl (C=O) groups is 1. The van der Waals surface area contributed by atoms with E-state index in [0.717, 1.165) is 53.4 Å². The van der Waals surface area contributed by atoms with Gasteiger partial charge in [0, 0.05) is 39.1 Å². The predicted molar refractivity (Wildman–Crippen MR) is 147 cm³/mol. The minimum absolute atomic E-state index is 0.0223. The summed E-state index contributed by atoms with van der Waals surface area (Å²) in [5, 5.41) is 8.88. The lowest BCUT2D eigenvalue weighted by molar-refractivity contribution is 0.194. The summed E-state index contributed by atoms with van der Waals surface area (Å²) in [5.74, 6) is 1.67. The molecule has 8 nitrogen and oxygen atoms in total. The second-order valence-electron chi connectivity index (χ2n) is 9.72. The molecule has 2 amide bonds. The van der Waals surface area contributed by atoms with Crippen molar-refractivity contribution in [1.29, 1.82) is 0 Å². The van der Waals surface area contributed by atoms with Gasteiger partial charge in [0.2, 0.25) is 0 Å². The number of benzene rings is 2. The number of piperazine rings is 1. The number of urea groups is 1. The number of para-hydroxylation sites is 1. The summed E-state index contributed by atoms with van der Waals surface area (Å²) >= 11 is 0. The number of carbonyl (C=O) groups excluding carboxylic acids is 1. The molecular formula is C29H35N7O. The highest BCUT2D eigenvalue weighted by Crippen LogP contribution is 2.30. The van der Waals surface area contributed by atoms with Gasteiger partial charge in [0.25, 0.3) is 0 Å². The molecule has 1 aliphatic heterocycles. The van der Waals surface area contributed by atoms with Crippen LogP contribution in [0.5, 0.6) is 0 Å². The van der Waals surface area contributed by atoms with Crippen LogP contribution in [-0.4, -0.2) is 63.4 Å². The number of unbranched alkanes of at least 4 members (excludes halogenated alkanes) is 1. The quantitative estimate of drug-likeness (QED) is 0.376. The fourth-order valence-corrected chi connectivity index (χ4v) is 4.76. The standard InChI is InChI=1S/C29H35N7O/c1-4-5-15-30-29(37)35-18-16-34(17-19-35)27-26-22(3)33-36(24-9-7-6-8-10-24)28(26)32-25(31-27)20-23-13-11-21(2)12-14-23/h6-14H,4-5,15-20H2,1-3H3,(H,30,37). The molecule has 0 bridgehead atoms. The summed E-state index contributed by atoms with van der Waals surface area (Å²) in [6.45, 7) is 9.71. The highest BCUT2D eigenvalue weighted by atomic mass is 16.2. The normalized spacial score (nSPS) is 13.8. The number of anilines is 1. The molecule has 3 heterocycles. The zero-order valence-corrected chi connectivity index (χ0v) is 21.9. The summed E-state index contributed by atoms with van der Waals surface area (Å²) in [5.41, 5.74) is 5.09. The molecule has 192 valence electrons. The van der Waals surface area contributed by atoms with Crippen LogP contribution in [0, 0.1) is 13.8 Å².